The Bertz CT molecular complexity index is 896. The lowest BCUT2D eigenvalue weighted by atomic mass is 10.2. The summed E-state index contributed by atoms with van der Waals surface area (Å²) in [7, 11) is 0. The fourth-order valence-electron chi connectivity index (χ4n) is 1.79. The van der Waals surface area contributed by atoms with Crippen LogP contribution in [0.3, 0.4) is 0 Å². The summed E-state index contributed by atoms with van der Waals surface area (Å²) in [5.41, 5.74) is 4.13. The van der Waals surface area contributed by atoms with Crippen LogP contribution in [0.4, 0.5) is 5.95 Å². The molecule has 3 N–H and O–H groups in total. The number of nitrogens with zero attached hydrogens (tertiary/aromatic N) is 3. The molecule has 22 heavy (non-hydrogen) atoms. The van der Waals surface area contributed by atoms with Crippen LogP contribution < -0.4 is 11.0 Å². The average molecular weight is 359 g/mol. The Hall–Kier alpha value is -2.74. The molecule has 0 unspecified atom stereocenters. The first kappa shape index (κ1) is 14.2. The largest absolute Gasteiger partial charge is 0.317 e. The lowest BCUT2D eigenvalue weighted by Gasteiger charge is -1.94. The number of nitrogens with one attached hydrogen (secondary N) is 3. The van der Waals surface area contributed by atoms with Gasteiger partial charge in [0.25, 0.3) is 5.56 Å². The van der Waals surface area contributed by atoms with Gasteiger partial charge >= 0.3 is 0 Å². The molecule has 0 radical (unpaired) electrons. The Balaban J connectivity index is 1.72. The SMILES string of the molecule is O=c1[nH]cnc2nc(N/N=C/C(Br)=C/c3ccccc3)[nH]c12. The smallest absolute Gasteiger partial charge is 0.276 e. The number of hydrogen-bond donors (Lipinski definition) is 3. The summed E-state index contributed by atoms with van der Waals surface area (Å²) in [6, 6.07) is 9.85. The van der Waals surface area contributed by atoms with Crippen molar-refractivity contribution in [3.63, 3.8) is 0 Å². The molecule has 3 rings (SSSR count). The number of halogens is 1. The van der Waals surface area contributed by atoms with Crippen molar-refractivity contribution >= 4 is 45.3 Å². The van der Waals surface area contributed by atoms with Crippen molar-refractivity contribution < 1.29 is 0 Å². The van der Waals surface area contributed by atoms with Crippen molar-refractivity contribution in [2.45, 2.75) is 0 Å². The number of rotatable bonds is 4. The predicted molar refractivity (Wildman–Crippen MR) is 90.0 cm³/mol. The first-order valence-corrected chi connectivity index (χ1v) is 7.16. The van der Waals surface area contributed by atoms with Crippen LogP contribution in [-0.4, -0.2) is 26.2 Å². The predicted octanol–water partition coefficient (Wildman–Crippen LogP) is 2.48. The first-order chi connectivity index (χ1) is 10.7. The number of hydrazone groups is 1. The number of aromatic amines is 2. The zero-order valence-electron chi connectivity index (χ0n) is 11.2. The summed E-state index contributed by atoms with van der Waals surface area (Å²) >= 11 is 3.41. The third kappa shape index (κ3) is 3.29. The second-order valence-corrected chi connectivity index (χ2v) is 5.24. The van der Waals surface area contributed by atoms with Gasteiger partial charge in [0.05, 0.1) is 12.5 Å². The number of fused-ring (bicyclic) bond motifs is 1. The van der Waals surface area contributed by atoms with Gasteiger partial charge in [0.1, 0.15) is 0 Å². The van der Waals surface area contributed by atoms with E-state index in [1.807, 2.05) is 36.4 Å². The molecule has 0 saturated heterocycles. The molecule has 1 aromatic carbocycles. The standard InChI is InChI=1S/C14H11BrN6O/c15-10(6-9-4-2-1-3-5-9)7-18-21-14-19-11-12(20-14)16-8-17-13(11)22/h1-8H,(H3,16,17,19,20,21,22)/b10-6-,18-7+. The van der Waals surface area contributed by atoms with E-state index < -0.39 is 0 Å². The number of anilines is 1. The monoisotopic (exact) mass is 358 g/mol. The molecule has 110 valence electrons. The van der Waals surface area contributed by atoms with E-state index in [0.29, 0.717) is 17.1 Å². The molecule has 7 nitrogen and oxygen atoms in total. The van der Waals surface area contributed by atoms with Gasteiger partial charge in [-0.15, -0.1) is 0 Å². The van der Waals surface area contributed by atoms with Crippen LogP contribution in [0.15, 0.2) is 51.0 Å². The quantitative estimate of drug-likeness (QED) is 0.492. The van der Waals surface area contributed by atoms with E-state index in [-0.39, 0.29) is 5.56 Å². The summed E-state index contributed by atoms with van der Waals surface area (Å²) in [6.07, 6.45) is 4.83. The number of aromatic nitrogens is 4. The Labute approximate surface area is 133 Å². The highest BCUT2D eigenvalue weighted by Crippen LogP contribution is 2.11. The molecular weight excluding hydrogens is 348 g/mol. The number of hydrogen-bond acceptors (Lipinski definition) is 5. The van der Waals surface area contributed by atoms with Gasteiger partial charge in [-0.1, -0.05) is 30.3 Å². The van der Waals surface area contributed by atoms with Gasteiger partial charge in [-0.3, -0.25) is 4.79 Å². The van der Waals surface area contributed by atoms with Crippen molar-refractivity contribution in [2.75, 3.05) is 5.43 Å². The van der Waals surface area contributed by atoms with Gasteiger partial charge in [0, 0.05) is 4.48 Å². The van der Waals surface area contributed by atoms with Gasteiger partial charge < -0.3 is 9.97 Å². The molecule has 2 aromatic heterocycles. The molecule has 0 spiro atoms. The highest BCUT2D eigenvalue weighted by Gasteiger charge is 2.05. The molecule has 2 heterocycles. The summed E-state index contributed by atoms with van der Waals surface area (Å²) < 4.78 is 0.790. The van der Waals surface area contributed by atoms with Crippen molar-refractivity contribution in [3.8, 4) is 0 Å². The maximum absolute atomic E-state index is 11.5. The summed E-state index contributed by atoms with van der Waals surface area (Å²) in [5, 5.41) is 4.04. The Kier molecular flexibility index (Phi) is 4.10. The van der Waals surface area contributed by atoms with E-state index in [9.17, 15) is 4.79 Å². The molecule has 0 aliphatic carbocycles. The van der Waals surface area contributed by atoms with Crippen molar-refractivity contribution in [2.24, 2.45) is 5.10 Å². The first-order valence-electron chi connectivity index (χ1n) is 6.37. The summed E-state index contributed by atoms with van der Waals surface area (Å²) in [6.45, 7) is 0. The van der Waals surface area contributed by atoms with E-state index in [0.717, 1.165) is 10.0 Å². The van der Waals surface area contributed by atoms with Crippen molar-refractivity contribution in [3.05, 3.63) is 57.1 Å². The zero-order valence-corrected chi connectivity index (χ0v) is 12.8. The average Bonchev–Trinajstić information content (AvgIpc) is 2.93. The van der Waals surface area contributed by atoms with E-state index in [2.05, 4.69) is 46.4 Å². The highest BCUT2D eigenvalue weighted by atomic mass is 79.9. The molecule has 8 heteroatoms. The molecule has 0 saturated carbocycles. The highest BCUT2D eigenvalue weighted by molar-refractivity contribution is 9.12. The van der Waals surface area contributed by atoms with Gasteiger partial charge in [0.15, 0.2) is 11.2 Å². The second-order valence-electron chi connectivity index (χ2n) is 4.33. The number of benzene rings is 1. The molecule has 0 aliphatic heterocycles. The molecule has 0 fully saturated rings. The maximum Gasteiger partial charge on any atom is 0.276 e. The minimum Gasteiger partial charge on any atom is -0.317 e. The Morgan fingerprint density at radius 2 is 2.14 bits per heavy atom. The van der Waals surface area contributed by atoms with Crippen LogP contribution in [0, 0.1) is 0 Å². The number of allylic oxidation sites excluding steroid dienone is 1. The fraction of sp³-hybridized carbons (Fsp3) is 0. The third-order valence-corrected chi connectivity index (χ3v) is 3.19. The van der Waals surface area contributed by atoms with Crippen LogP contribution in [0.2, 0.25) is 0 Å². The maximum atomic E-state index is 11.5. The zero-order chi connectivity index (χ0) is 15.4. The van der Waals surface area contributed by atoms with Crippen LogP contribution >= 0.6 is 15.9 Å². The molecule has 0 amide bonds. The van der Waals surface area contributed by atoms with E-state index in [1.54, 1.807) is 6.21 Å². The van der Waals surface area contributed by atoms with E-state index in [1.165, 1.54) is 6.33 Å². The second kappa shape index (κ2) is 6.35. The van der Waals surface area contributed by atoms with Gasteiger partial charge in [-0.2, -0.15) is 10.1 Å². The lowest BCUT2D eigenvalue weighted by molar-refractivity contribution is 1.15. The molecule has 0 atom stereocenters. The van der Waals surface area contributed by atoms with Crippen molar-refractivity contribution in [1.82, 2.24) is 19.9 Å². The molecular formula is C14H11BrN6O. The molecule has 0 aliphatic rings. The minimum absolute atomic E-state index is 0.278. The molecule has 0 bridgehead atoms. The van der Waals surface area contributed by atoms with Crippen LogP contribution in [0.25, 0.3) is 17.2 Å². The fourth-order valence-corrected chi connectivity index (χ4v) is 2.16. The molecule has 3 aromatic rings. The van der Waals surface area contributed by atoms with Crippen LogP contribution in [-0.2, 0) is 0 Å². The number of imidazole rings is 1. The Morgan fingerprint density at radius 1 is 1.32 bits per heavy atom. The van der Waals surface area contributed by atoms with Crippen LogP contribution in [0.1, 0.15) is 5.56 Å². The topological polar surface area (TPSA) is 98.8 Å². The van der Waals surface area contributed by atoms with Gasteiger partial charge in [-0.25, -0.2) is 10.4 Å². The normalized spacial score (nSPS) is 12.1. The lowest BCUT2D eigenvalue weighted by Crippen LogP contribution is -2.05. The third-order valence-electron chi connectivity index (χ3n) is 2.76. The van der Waals surface area contributed by atoms with Crippen LogP contribution in [0.5, 0.6) is 0 Å². The minimum atomic E-state index is -0.278. The van der Waals surface area contributed by atoms with E-state index >= 15 is 0 Å². The van der Waals surface area contributed by atoms with Gasteiger partial charge in [0.2, 0.25) is 5.95 Å². The van der Waals surface area contributed by atoms with Gasteiger partial charge in [-0.05, 0) is 27.6 Å². The number of H-pyrrole nitrogens is 2. The Morgan fingerprint density at radius 3 is 2.91 bits per heavy atom. The summed E-state index contributed by atoms with van der Waals surface area (Å²) in [5.74, 6) is 0.343. The summed E-state index contributed by atoms with van der Waals surface area (Å²) in [4.78, 5) is 24.9. The van der Waals surface area contributed by atoms with Crippen molar-refractivity contribution in [1.29, 1.82) is 0 Å². The van der Waals surface area contributed by atoms with E-state index in [4.69, 9.17) is 0 Å².